The van der Waals surface area contributed by atoms with Crippen LogP contribution in [0.25, 0.3) is 10.8 Å². The van der Waals surface area contributed by atoms with Crippen molar-refractivity contribution in [1.82, 2.24) is 4.98 Å². The molecule has 0 spiro atoms. The van der Waals surface area contributed by atoms with E-state index in [1.54, 1.807) is 42.6 Å². The van der Waals surface area contributed by atoms with Crippen LogP contribution in [0.3, 0.4) is 0 Å². The Hall–Kier alpha value is -3.17. The van der Waals surface area contributed by atoms with Gasteiger partial charge in [0.2, 0.25) is 0 Å². The second-order valence-electron chi connectivity index (χ2n) is 6.12. The van der Waals surface area contributed by atoms with E-state index in [1.165, 1.54) is 0 Å². The minimum Gasteiger partial charge on any atom is -0.447 e. The monoisotopic (exact) mass is 373 g/mol. The highest BCUT2D eigenvalue weighted by atomic mass is 35.5. The van der Waals surface area contributed by atoms with Gasteiger partial charge in [-0.1, -0.05) is 66.2 Å². The molecule has 132 valence electrons. The summed E-state index contributed by atoms with van der Waals surface area (Å²) < 4.78 is 5.91. The van der Waals surface area contributed by atoms with E-state index in [0.717, 1.165) is 16.3 Å². The van der Waals surface area contributed by atoms with Crippen molar-refractivity contribution in [2.75, 3.05) is 0 Å². The average Bonchev–Trinajstić information content (AvgIpc) is 2.72. The summed E-state index contributed by atoms with van der Waals surface area (Å²) in [6.45, 7) is 0. The van der Waals surface area contributed by atoms with Crippen LogP contribution < -0.4 is 0 Å². The van der Waals surface area contributed by atoms with Crippen LogP contribution in [-0.4, -0.2) is 11.0 Å². The summed E-state index contributed by atoms with van der Waals surface area (Å²) in [5.74, 6) is -0.407. The molecule has 0 fully saturated rings. The fourth-order valence-electron chi connectivity index (χ4n) is 3.05. The number of aromatic nitrogens is 1. The Balaban J connectivity index is 1.82. The molecule has 3 aromatic carbocycles. The van der Waals surface area contributed by atoms with Crippen LogP contribution in [0.2, 0.25) is 5.02 Å². The van der Waals surface area contributed by atoms with Crippen LogP contribution in [0, 0.1) is 0 Å². The van der Waals surface area contributed by atoms with E-state index < -0.39 is 12.1 Å². The quantitative estimate of drug-likeness (QED) is 0.422. The number of nitrogens with zero attached hydrogens (tertiary/aromatic N) is 1. The highest BCUT2D eigenvalue weighted by molar-refractivity contribution is 6.30. The molecule has 0 saturated heterocycles. The van der Waals surface area contributed by atoms with Gasteiger partial charge >= 0.3 is 5.97 Å². The van der Waals surface area contributed by atoms with Gasteiger partial charge in [-0.2, -0.15) is 0 Å². The number of hydrogen-bond acceptors (Lipinski definition) is 3. The topological polar surface area (TPSA) is 39.2 Å². The van der Waals surface area contributed by atoms with Crippen LogP contribution in [0.1, 0.15) is 27.7 Å². The number of pyridine rings is 1. The van der Waals surface area contributed by atoms with Gasteiger partial charge in [0, 0.05) is 22.2 Å². The Kier molecular flexibility index (Phi) is 4.86. The Morgan fingerprint density at radius 3 is 2.48 bits per heavy atom. The van der Waals surface area contributed by atoms with Crippen LogP contribution >= 0.6 is 11.6 Å². The molecular weight excluding hydrogens is 358 g/mol. The van der Waals surface area contributed by atoms with E-state index in [9.17, 15) is 4.79 Å². The van der Waals surface area contributed by atoms with Gasteiger partial charge in [-0.3, -0.25) is 4.98 Å². The number of ether oxygens (including phenoxy) is 1. The smallest absolute Gasteiger partial charge is 0.339 e. The van der Waals surface area contributed by atoms with E-state index >= 15 is 0 Å². The van der Waals surface area contributed by atoms with Crippen molar-refractivity contribution in [3.63, 3.8) is 0 Å². The van der Waals surface area contributed by atoms with E-state index in [4.69, 9.17) is 16.3 Å². The summed E-state index contributed by atoms with van der Waals surface area (Å²) in [6.07, 6.45) is 1.06. The number of carbonyl (C=O) groups is 1. The Morgan fingerprint density at radius 2 is 1.67 bits per heavy atom. The fraction of sp³-hybridized carbons (Fsp3) is 0.0435. The molecule has 0 aliphatic heterocycles. The standard InChI is InChI=1S/C23H16ClNO2/c24-19-11-6-10-18(15-19)22(27-23(26)17-8-2-1-3-9-17)21-20-12-5-4-7-16(20)13-14-25-21/h1-15,22H/t22-/m1/s1. The van der Waals surface area contributed by atoms with Gasteiger partial charge in [-0.05, 0) is 35.7 Å². The summed E-state index contributed by atoms with van der Waals surface area (Å²) in [5, 5.41) is 2.55. The molecule has 4 aromatic rings. The molecule has 0 aliphatic rings. The Morgan fingerprint density at radius 1 is 0.889 bits per heavy atom. The van der Waals surface area contributed by atoms with E-state index in [2.05, 4.69) is 4.98 Å². The number of benzene rings is 3. The molecule has 0 aliphatic carbocycles. The second kappa shape index (κ2) is 7.60. The van der Waals surface area contributed by atoms with E-state index in [0.29, 0.717) is 16.3 Å². The molecular formula is C23H16ClNO2. The number of esters is 1. The van der Waals surface area contributed by atoms with Crippen molar-refractivity contribution >= 4 is 28.3 Å². The molecule has 0 N–H and O–H groups in total. The van der Waals surface area contributed by atoms with Gasteiger partial charge in [-0.15, -0.1) is 0 Å². The Labute approximate surface area is 162 Å². The maximum absolute atomic E-state index is 12.7. The third kappa shape index (κ3) is 3.69. The van der Waals surface area contributed by atoms with Crippen molar-refractivity contribution in [3.8, 4) is 0 Å². The van der Waals surface area contributed by atoms with Gasteiger partial charge in [0.05, 0.1) is 11.3 Å². The summed E-state index contributed by atoms with van der Waals surface area (Å²) in [6, 6.07) is 26.1. The first-order chi connectivity index (χ1) is 13.2. The van der Waals surface area contributed by atoms with E-state index in [-0.39, 0.29) is 0 Å². The maximum atomic E-state index is 12.7. The summed E-state index contributed by atoms with van der Waals surface area (Å²) in [5.41, 5.74) is 1.94. The molecule has 1 heterocycles. The molecule has 1 aromatic heterocycles. The van der Waals surface area contributed by atoms with Crippen LogP contribution in [0.15, 0.2) is 91.1 Å². The lowest BCUT2D eigenvalue weighted by molar-refractivity contribution is 0.0373. The van der Waals surface area contributed by atoms with Gasteiger partial charge in [0.15, 0.2) is 6.10 Å². The Bertz CT molecular complexity index is 1090. The summed E-state index contributed by atoms with van der Waals surface area (Å²) in [4.78, 5) is 17.3. The van der Waals surface area contributed by atoms with Gasteiger partial charge in [0.25, 0.3) is 0 Å². The van der Waals surface area contributed by atoms with Crippen molar-refractivity contribution in [3.05, 3.63) is 113 Å². The van der Waals surface area contributed by atoms with Crippen LogP contribution in [0.5, 0.6) is 0 Å². The lowest BCUT2D eigenvalue weighted by atomic mass is 10.0. The molecule has 3 nitrogen and oxygen atoms in total. The maximum Gasteiger partial charge on any atom is 0.339 e. The number of hydrogen-bond donors (Lipinski definition) is 0. The first kappa shape index (κ1) is 17.3. The van der Waals surface area contributed by atoms with Crippen molar-refractivity contribution in [1.29, 1.82) is 0 Å². The zero-order valence-electron chi connectivity index (χ0n) is 14.4. The van der Waals surface area contributed by atoms with Gasteiger partial charge < -0.3 is 4.74 Å². The molecule has 0 saturated carbocycles. The summed E-state index contributed by atoms with van der Waals surface area (Å²) >= 11 is 6.19. The molecule has 27 heavy (non-hydrogen) atoms. The van der Waals surface area contributed by atoms with Crippen LogP contribution in [-0.2, 0) is 4.74 Å². The third-order valence-corrected chi connectivity index (χ3v) is 4.57. The largest absolute Gasteiger partial charge is 0.447 e. The molecule has 1 atom stereocenters. The lowest BCUT2D eigenvalue weighted by Crippen LogP contribution is -2.14. The first-order valence-electron chi connectivity index (χ1n) is 8.57. The molecule has 0 unspecified atom stereocenters. The zero-order valence-corrected chi connectivity index (χ0v) is 15.1. The number of halogens is 1. The summed E-state index contributed by atoms with van der Waals surface area (Å²) in [7, 11) is 0. The minimum atomic E-state index is -0.664. The van der Waals surface area contributed by atoms with Gasteiger partial charge in [-0.25, -0.2) is 4.79 Å². The predicted octanol–water partition coefficient (Wildman–Crippen LogP) is 5.83. The van der Waals surface area contributed by atoms with Crippen molar-refractivity contribution < 1.29 is 9.53 Å². The van der Waals surface area contributed by atoms with Gasteiger partial charge in [0.1, 0.15) is 0 Å². The predicted molar refractivity (Wildman–Crippen MR) is 107 cm³/mol. The average molecular weight is 374 g/mol. The van der Waals surface area contributed by atoms with Crippen LogP contribution in [0.4, 0.5) is 0 Å². The molecule has 0 amide bonds. The second-order valence-corrected chi connectivity index (χ2v) is 6.56. The zero-order chi connectivity index (χ0) is 18.6. The minimum absolute atomic E-state index is 0.407. The fourth-order valence-corrected chi connectivity index (χ4v) is 3.25. The van der Waals surface area contributed by atoms with E-state index in [1.807, 2.05) is 48.5 Å². The first-order valence-corrected chi connectivity index (χ1v) is 8.95. The molecule has 4 rings (SSSR count). The molecule has 0 radical (unpaired) electrons. The number of fused-ring (bicyclic) bond motifs is 1. The number of rotatable bonds is 4. The molecule has 4 heteroatoms. The van der Waals surface area contributed by atoms with Crippen molar-refractivity contribution in [2.24, 2.45) is 0 Å². The normalized spacial score (nSPS) is 11.9. The third-order valence-electron chi connectivity index (χ3n) is 4.34. The highest BCUT2D eigenvalue weighted by Crippen LogP contribution is 2.32. The van der Waals surface area contributed by atoms with Crippen molar-refractivity contribution in [2.45, 2.75) is 6.10 Å². The highest BCUT2D eigenvalue weighted by Gasteiger charge is 2.23. The SMILES string of the molecule is O=C(O[C@H](c1cccc(Cl)c1)c1nccc2ccccc12)c1ccccc1. The number of carbonyl (C=O) groups excluding carboxylic acids is 1. The lowest BCUT2D eigenvalue weighted by Gasteiger charge is -2.20. The molecule has 0 bridgehead atoms.